The fraction of sp³-hybridized carbons (Fsp3) is 0.400. The highest BCUT2D eigenvalue weighted by Crippen LogP contribution is 2.39. The Kier molecular flexibility index (Phi) is 5.68. The average Bonchev–Trinajstić information content (AvgIpc) is 2.94. The van der Waals surface area contributed by atoms with Crippen molar-refractivity contribution in [1.29, 1.82) is 0 Å². The molecule has 5 unspecified atom stereocenters. The van der Waals surface area contributed by atoms with E-state index in [1.807, 2.05) is 0 Å². The number of benzene rings is 1. The molecule has 0 bridgehead atoms. The number of nitrogens with one attached hydrogen (secondary N) is 1. The van der Waals surface area contributed by atoms with Crippen LogP contribution in [0.3, 0.4) is 0 Å². The predicted octanol–water partition coefficient (Wildman–Crippen LogP) is 1.95. The lowest BCUT2D eigenvalue weighted by molar-refractivity contribution is -0.149. The molecule has 29 heavy (non-hydrogen) atoms. The van der Waals surface area contributed by atoms with Gasteiger partial charge in [-0.3, -0.25) is 19.8 Å². The standard InChI is InChI=1S/C20H20Cl2N2O5/c21-12-5-4-10(8-13(12)22)9-29-15-3-1-2-11-17(15)20(28)24(19(11)27)14-6-7-16(25)23-18(14)26/h1-5,8,11,14,16-18,23,25-26H,6-7,9H2. The zero-order valence-electron chi connectivity index (χ0n) is 15.3. The summed E-state index contributed by atoms with van der Waals surface area (Å²) in [6, 6.07) is 4.39. The number of fused-ring (bicyclic) bond motifs is 1. The van der Waals surface area contributed by atoms with Crippen LogP contribution in [0.4, 0.5) is 0 Å². The van der Waals surface area contributed by atoms with Gasteiger partial charge in [0, 0.05) is 0 Å². The molecule has 2 fully saturated rings. The molecule has 0 saturated carbocycles. The van der Waals surface area contributed by atoms with Gasteiger partial charge in [0.05, 0.1) is 22.0 Å². The third kappa shape index (κ3) is 3.81. The molecular weight excluding hydrogens is 419 g/mol. The van der Waals surface area contributed by atoms with Gasteiger partial charge in [-0.25, -0.2) is 0 Å². The fourth-order valence-electron chi connectivity index (χ4n) is 3.99. The number of aliphatic hydroxyl groups is 2. The molecule has 0 spiro atoms. The van der Waals surface area contributed by atoms with Gasteiger partial charge < -0.3 is 14.9 Å². The van der Waals surface area contributed by atoms with E-state index in [9.17, 15) is 19.8 Å². The molecule has 5 atom stereocenters. The smallest absolute Gasteiger partial charge is 0.241 e. The SMILES string of the molecule is O=C1C2C=CC=C(OCc3ccc(Cl)c(Cl)c3)C2C(=O)N1C1CCC(O)NC1O. The van der Waals surface area contributed by atoms with Crippen molar-refractivity contribution in [2.24, 2.45) is 11.8 Å². The minimum Gasteiger partial charge on any atom is -0.492 e. The number of ether oxygens (including phenoxy) is 1. The Balaban J connectivity index is 1.51. The van der Waals surface area contributed by atoms with E-state index < -0.39 is 36.2 Å². The van der Waals surface area contributed by atoms with Crippen molar-refractivity contribution in [2.45, 2.75) is 37.9 Å². The Morgan fingerprint density at radius 1 is 1.14 bits per heavy atom. The highest BCUT2D eigenvalue weighted by atomic mass is 35.5. The molecule has 2 aliphatic heterocycles. The summed E-state index contributed by atoms with van der Waals surface area (Å²) in [5.41, 5.74) is 0.779. The Labute approximate surface area is 177 Å². The van der Waals surface area contributed by atoms with Gasteiger partial charge in [0.25, 0.3) is 0 Å². The topological polar surface area (TPSA) is 99.1 Å². The fourth-order valence-corrected chi connectivity index (χ4v) is 4.31. The van der Waals surface area contributed by atoms with Crippen molar-refractivity contribution >= 4 is 35.0 Å². The summed E-state index contributed by atoms with van der Waals surface area (Å²) in [6.45, 7) is 0.168. The lowest BCUT2D eigenvalue weighted by atomic mass is 9.89. The highest BCUT2D eigenvalue weighted by molar-refractivity contribution is 6.42. The predicted molar refractivity (Wildman–Crippen MR) is 105 cm³/mol. The van der Waals surface area contributed by atoms with E-state index >= 15 is 0 Å². The van der Waals surface area contributed by atoms with Crippen LogP contribution in [-0.2, 0) is 20.9 Å². The first-order valence-electron chi connectivity index (χ1n) is 9.31. The molecule has 1 aromatic carbocycles. The normalized spacial score (nSPS) is 31.7. The first-order valence-corrected chi connectivity index (χ1v) is 10.1. The van der Waals surface area contributed by atoms with E-state index in [1.165, 1.54) is 0 Å². The summed E-state index contributed by atoms with van der Waals surface area (Å²) in [7, 11) is 0. The minimum atomic E-state index is -1.18. The Bertz CT molecular complexity index is 903. The quantitative estimate of drug-likeness (QED) is 0.621. The monoisotopic (exact) mass is 438 g/mol. The molecule has 154 valence electrons. The van der Waals surface area contributed by atoms with Crippen molar-refractivity contribution in [3.8, 4) is 0 Å². The van der Waals surface area contributed by atoms with Crippen LogP contribution in [0.15, 0.2) is 42.2 Å². The number of allylic oxidation sites excluding steroid dienone is 2. The number of hydrogen-bond acceptors (Lipinski definition) is 6. The van der Waals surface area contributed by atoms with Crippen molar-refractivity contribution in [2.75, 3.05) is 0 Å². The lowest BCUT2D eigenvalue weighted by Crippen LogP contribution is -2.58. The summed E-state index contributed by atoms with van der Waals surface area (Å²) in [5.74, 6) is -1.83. The maximum atomic E-state index is 13.1. The second kappa shape index (κ2) is 8.08. The van der Waals surface area contributed by atoms with Crippen LogP contribution in [0.5, 0.6) is 0 Å². The van der Waals surface area contributed by atoms with Crippen molar-refractivity contribution in [3.05, 3.63) is 57.8 Å². The van der Waals surface area contributed by atoms with Gasteiger partial charge in [-0.1, -0.05) is 41.4 Å². The summed E-state index contributed by atoms with van der Waals surface area (Å²) in [4.78, 5) is 27.1. The number of carbonyl (C=O) groups is 2. The Hall–Kier alpha value is -1.90. The second-order valence-corrected chi connectivity index (χ2v) is 8.13. The van der Waals surface area contributed by atoms with Gasteiger partial charge in [-0.2, -0.15) is 0 Å². The molecule has 2 saturated heterocycles. The van der Waals surface area contributed by atoms with Gasteiger partial charge in [0.15, 0.2) is 0 Å². The number of imide groups is 1. The Morgan fingerprint density at radius 3 is 2.66 bits per heavy atom. The van der Waals surface area contributed by atoms with Gasteiger partial charge in [0.2, 0.25) is 11.8 Å². The highest BCUT2D eigenvalue weighted by Gasteiger charge is 2.53. The number of aliphatic hydroxyl groups excluding tert-OH is 2. The van der Waals surface area contributed by atoms with E-state index in [2.05, 4.69) is 5.32 Å². The summed E-state index contributed by atoms with van der Waals surface area (Å²) in [6.07, 6.45) is 3.65. The molecule has 3 aliphatic rings. The van der Waals surface area contributed by atoms with E-state index in [0.717, 1.165) is 10.5 Å². The summed E-state index contributed by atoms with van der Waals surface area (Å²) >= 11 is 12.0. The largest absolute Gasteiger partial charge is 0.492 e. The van der Waals surface area contributed by atoms with E-state index in [0.29, 0.717) is 28.6 Å². The first-order chi connectivity index (χ1) is 13.9. The third-order valence-corrected chi connectivity index (χ3v) is 6.19. The van der Waals surface area contributed by atoms with Gasteiger partial charge in [-0.05, 0) is 36.6 Å². The van der Waals surface area contributed by atoms with Crippen molar-refractivity contribution in [3.63, 3.8) is 0 Å². The second-order valence-electron chi connectivity index (χ2n) is 7.31. The number of nitrogens with zero attached hydrogens (tertiary/aromatic N) is 1. The molecular formula is C20H20Cl2N2O5. The third-order valence-electron chi connectivity index (χ3n) is 5.46. The van der Waals surface area contributed by atoms with Crippen LogP contribution < -0.4 is 5.32 Å². The summed E-state index contributed by atoms with van der Waals surface area (Å²) in [5, 5.41) is 23.3. The maximum Gasteiger partial charge on any atom is 0.241 e. The van der Waals surface area contributed by atoms with Crippen LogP contribution in [0.2, 0.25) is 10.0 Å². The van der Waals surface area contributed by atoms with Gasteiger partial charge >= 0.3 is 0 Å². The summed E-state index contributed by atoms with van der Waals surface area (Å²) < 4.78 is 5.87. The van der Waals surface area contributed by atoms with Crippen LogP contribution in [0.25, 0.3) is 0 Å². The number of likely N-dealkylation sites (tertiary alicyclic amines) is 1. The zero-order chi connectivity index (χ0) is 20.7. The number of piperidine rings is 1. The molecule has 9 heteroatoms. The minimum absolute atomic E-state index is 0.168. The average molecular weight is 439 g/mol. The molecule has 1 aromatic rings. The van der Waals surface area contributed by atoms with E-state index in [-0.39, 0.29) is 12.5 Å². The number of hydrogen-bond donors (Lipinski definition) is 3. The van der Waals surface area contributed by atoms with Gasteiger partial charge in [-0.15, -0.1) is 0 Å². The molecule has 4 rings (SSSR count). The van der Waals surface area contributed by atoms with Crippen LogP contribution in [-0.4, -0.2) is 45.4 Å². The molecule has 0 aromatic heterocycles. The van der Waals surface area contributed by atoms with E-state index in [1.54, 1.807) is 36.4 Å². The lowest BCUT2D eigenvalue weighted by Gasteiger charge is -2.36. The number of amides is 2. The molecule has 7 nitrogen and oxygen atoms in total. The van der Waals surface area contributed by atoms with Crippen LogP contribution >= 0.6 is 23.2 Å². The van der Waals surface area contributed by atoms with Crippen molar-refractivity contribution in [1.82, 2.24) is 10.2 Å². The Morgan fingerprint density at radius 2 is 1.93 bits per heavy atom. The zero-order valence-corrected chi connectivity index (χ0v) is 16.8. The molecule has 0 radical (unpaired) electrons. The first kappa shape index (κ1) is 20.4. The number of rotatable bonds is 4. The molecule has 2 heterocycles. The maximum absolute atomic E-state index is 13.1. The van der Waals surface area contributed by atoms with Crippen LogP contribution in [0, 0.1) is 11.8 Å². The number of carbonyl (C=O) groups excluding carboxylic acids is 2. The molecule has 2 amide bonds. The van der Waals surface area contributed by atoms with Crippen LogP contribution in [0.1, 0.15) is 18.4 Å². The molecule has 3 N–H and O–H groups in total. The van der Waals surface area contributed by atoms with E-state index in [4.69, 9.17) is 27.9 Å². The number of halogens is 2. The van der Waals surface area contributed by atoms with Gasteiger partial charge in [0.1, 0.15) is 30.7 Å². The van der Waals surface area contributed by atoms with Crippen molar-refractivity contribution < 1.29 is 24.5 Å². The molecule has 1 aliphatic carbocycles.